The number of benzene rings is 1. The van der Waals surface area contributed by atoms with Gasteiger partial charge in [-0.3, -0.25) is 9.78 Å². The molecule has 6 nitrogen and oxygen atoms in total. The number of carbonyl (C=O) groups is 1. The summed E-state index contributed by atoms with van der Waals surface area (Å²) in [5.41, 5.74) is 0.775. The van der Waals surface area contributed by atoms with E-state index in [4.69, 9.17) is 0 Å². The number of nitrogens with zero attached hydrogens (tertiary/aromatic N) is 3. The van der Waals surface area contributed by atoms with E-state index in [-0.39, 0.29) is 29.8 Å². The Balaban J connectivity index is 1.61. The van der Waals surface area contributed by atoms with E-state index >= 15 is 0 Å². The molecule has 1 fully saturated rings. The van der Waals surface area contributed by atoms with Crippen molar-refractivity contribution in [2.45, 2.75) is 24.3 Å². The fourth-order valence-electron chi connectivity index (χ4n) is 3.25. The Bertz CT molecular complexity index is 946. The maximum atomic E-state index is 13.4. The summed E-state index contributed by atoms with van der Waals surface area (Å²) in [5, 5.41) is 0. The number of amides is 1. The van der Waals surface area contributed by atoms with Gasteiger partial charge in [0.05, 0.1) is 17.1 Å². The van der Waals surface area contributed by atoms with Crippen LogP contribution in [-0.2, 0) is 21.4 Å². The summed E-state index contributed by atoms with van der Waals surface area (Å²) in [6.45, 7) is 0.678. The number of hydrogen-bond acceptors (Lipinski definition) is 4. The third-order valence-corrected chi connectivity index (χ3v) is 6.73. The van der Waals surface area contributed by atoms with Crippen LogP contribution < -0.4 is 0 Å². The standard InChI is InChI=1S/C19H21F2N3O3S/c1-23(13-15-4-2-3-9-22-15)19(25)14-7-10-24(11-8-14)28(26,27)16-5-6-17(20)18(21)12-16/h2-6,9,12,14H,7-8,10-11,13H2,1H3. The van der Waals surface area contributed by atoms with Crippen molar-refractivity contribution < 1.29 is 22.0 Å². The second-order valence-electron chi connectivity index (χ2n) is 6.77. The average Bonchev–Trinajstić information content (AvgIpc) is 2.70. The van der Waals surface area contributed by atoms with Gasteiger partial charge in [0.2, 0.25) is 15.9 Å². The zero-order valence-electron chi connectivity index (χ0n) is 15.4. The zero-order valence-corrected chi connectivity index (χ0v) is 16.2. The topological polar surface area (TPSA) is 70.6 Å². The van der Waals surface area contributed by atoms with E-state index < -0.39 is 21.7 Å². The van der Waals surface area contributed by atoms with Crippen molar-refractivity contribution in [3.05, 3.63) is 59.9 Å². The molecule has 150 valence electrons. The minimum Gasteiger partial charge on any atom is -0.340 e. The summed E-state index contributed by atoms with van der Waals surface area (Å²) in [7, 11) is -2.23. The normalized spacial score (nSPS) is 16.1. The third-order valence-electron chi connectivity index (χ3n) is 4.83. The maximum absolute atomic E-state index is 13.4. The van der Waals surface area contributed by atoms with Gasteiger partial charge >= 0.3 is 0 Å². The Morgan fingerprint density at radius 3 is 2.50 bits per heavy atom. The minimum atomic E-state index is -3.93. The van der Waals surface area contributed by atoms with Gasteiger partial charge in [0.1, 0.15) is 0 Å². The second-order valence-corrected chi connectivity index (χ2v) is 8.71. The van der Waals surface area contributed by atoms with Gasteiger partial charge < -0.3 is 4.90 Å². The number of piperidine rings is 1. The monoisotopic (exact) mass is 409 g/mol. The molecule has 0 spiro atoms. The second kappa shape index (κ2) is 8.32. The number of sulfonamides is 1. The summed E-state index contributed by atoms with van der Waals surface area (Å²) in [6, 6.07) is 8.01. The van der Waals surface area contributed by atoms with Gasteiger partial charge in [-0.15, -0.1) is 0 Å². The first-order chi connectivity index (χ1) is 13.3. The largest absolute Gasteiger partial charge is 0.340 e. The first kappa shape index (κ1) is 20.3. The van der Waals surface area contributed by atoms with Crippen molar-refractivity contribution in [2.75, 3.05) is 20.1 Å². The van der Waals surface area contributed by atoms with Crippen molar-refractivity contribution in [2.24, 2.45) is 5.92 Å². The van der Waals surface area contributed by atoms with Crippen molar-refractivity contribution in [3.63, 3.8) is 0 Å². The fraction of sp³-hybridized carbons (Fsp3) is 0.368. The molecule has 0 unspecified atom stereocenters. The van der Waals surface area contributed by atoms with Crippen molar-refractivity contribution in [3.8, 4) is 0 Å². The van der Waals surface area contributed by atoms with E-state index in [0.29, 0.717) is 25.5 Å². The van der Waals surface area contributed by atoms with E-state index in [9.17, 15) is 22.0 Å². The molecular formula is C19H21F2N3O3S. The molecule has 0 radical (unpaired) electrons. The predicted molar refractivity (Wildman–Crippen MR) is 98.6 cm³/mol. The van der Waals surface area contributed by atoms with E-state index in [1.807, 2.05) is 12.1 Å². The molecule has 2 heterocycles. The predicted octanol–water partition coefficient (Wildman–Crippen LogP) is 2.42. The maximum Gasteiger partial charge on any atom is 0.243 e. The van der Waals surface area contributed by atoms with Crippen LogP contribution in [0.1, 0.15) is 18.5 Å². The molecule has 9 heteroatoms. The van der Waals surface area contributed by atoms with Gasteiger partial charge in [-0.1, -0.05) is 6.07 Å². The molecule has 0 atom stereocenters. The molecule has 1 aliphatic rings. The summed E-state index contributed by atoms with van der Waals surface area (Å²) in [4.78, 5) is 18.1. The van der Waals surface area contributed by atoms with Crippen molar-refractivity contribution >= 4 is 15.9 Å². The van der Waals surface area contributed by atoms with E-state index in [0.717, 1.165) is 17.8 Å². The van der Waals surface area contributed by atoms with Crippen LogP contribution in [-0.4, -0.2) is 48.7 Å². The number of rotatable bonds is 5. The summed E-state index contributed by atoms with van der Waals surface area (Å²) in [6.07, 6.45) is 2.40. The molecule has 28 heavy (non-hydrogen) atoms. The lowest BCUT2D eigenvalue weighted by molar-refractivity contribution is -0.136. The SMILES string of the molecule is CN(Cc1ccccn1)C(=O)C1CCN(S(=O)(=O)c2ccc(F)c(F)c2)CC1. The van der Waals surface area contributed by atoms with Crippen LogP contribution in [0.15, 0.2) is 47.5 Å². The molecule has 1 aromatic heterocycles. The number of halogens is 2. The fourth-order valence-corrected chi connectivity index (χ4v) is 4.74. The van der Waals surface area contributed by atoms with Crippen LogP contribution in [0.5, 0.6) is 0 Å². The summed E-state index contributed by atoms with van der Waals surface area (Å²) >= 11 is 0. The third kappa shape index (κ3) is 4.36. The van der Waals surface area contributed by atoms with Gasteiger partial charge in [-0.25, -0.2) is 17.2 Å². The lowest BCUT2D eigenvalue weighted by Gasteiger charge is -2.32. The smallest absolute Gasteiger partial charge is 0.243 e. The number of hydrogen-bond donors (Lipinski definition) is 0. The highest BCUT2D eigenvalue weighted by Crippen LogP contribution is 2.26. The minimum absolute atomic E-state index is 0.0597. The van der Waals surface area contributed by atoms with Gasteiger partial charge in [0, 0.05) is 32.3 Å². The Labute approximate surface area is 162 Å². The number of aromatic nitrogens is 1. The molecule has 0 aliphatic carbocycles. The summed E-state index contributed by atoms with van der Waals surface area (Å²) < 4.78 is 53.0. The van der Waals surface area contributed by atoms with Crippen LogP contribution in [0.2, 0.25) is 0 Å². The van der Waals surface area contributed by atoms with E-state index in [1.165, 1.54) is 4.31 Å². The first-order valence-corrected chi connectivity index (χ1v) is 10.3. The van der Waals surface area contributed by atoms with Gasteiger partial charge in [-0.2, -0.15) is 4.31 Å². The number of carbonyl (C=O) groups excluding carboxylic acids is 1. The van der Waals surface area contributed by atoms with Crippen molar-refractivity contribution in [1.82, 2.24) is 14.2 Å². The zero-order chi connectivity index (χ0) is 20.3. The average molecular weight is 409 g/mol. The quantitative estimate of drug-likeness (QED) is 0.761. The Kier molecular flexibility index (Phi) is 6.04. The Morgan fingerprint density at radius 2 is 1.89 bits per heavy atom. The van der Waals surface area contributed by atoms with E-state index in [2.05, 4.69) is 4.98 Å². The van der Waals surface area contributed by atoms with Crippen LogP contribution in [0.3, 0.4) is 0 Å². The molecule has 1 aromatic carbocycles. The van der Waals surface area contributed by atoms with Crippen LogP contribution in [0.4, 0.5) is 8.78 Å². The number of pyridine rings is 1. The molecule has 0 N–H and O–H groups in total. The lowest BCUT2D eigenvalue weighted by atomic mass is 9.96. The molecule has 1 saturated heterocycles. The molecule has 3 rings (SSSR count). The van der Waals surface area contributed by atoms with Crippen LogP contribution in [0, 0.1) is 17.6 Å². The van der Waals surface area contributed by atoms with Crippen LogP contribution in [0.25, 0.3) is 0 Å². The molecular weight excluding hydrogens is 388 g/mol. The lowest BCUT2D eigenvalue weighted by Crippen LogP contribution is -2.43. The van der Waals surface area contributed by atoms with Crippen LogP contribution >= 0.6 is 0 Å². The Hall–Kier alpha value is -2.39. The van der Waals surface area contributed by atoms with E-state index in [1.54, 1.807) is 24.2 Å². The highest BCUT2D eigenvalue weighted by Gasteiger charge is 2.33. The molecule has 1 aliphatic heterocycles. The van der Waals surface area contributed by atoms with Gasteiger partial charge in [-0.05, 0) is 43.2 Å². The highest BCUT2D eigenvalue weighted by molar-refractivity contribution is 7.89. The Morgan fingerprint density at radius 1 is 1.18 bits per heavy atom. The molecule has 1 amide bonds. The van der Waals surface area contributed by atoms with Gasteiger partial charge in [0.15, 0.2) is 11.6 Å². The van der Waals surface area contributed by atoms with Crippen molar-refractivity contribution in [1.29, 1.82) is 0 Å². The molecule has 2 aromatic rings. The highest BCUT2D eigenvalue weighted by atomic mass is 32.2. The van der Waals surface area contributed by atoms with Gasteiger partial charge in [0.25, 0.3) is 0 Å². The summed E-state index contributed by atoms with van der Waals surface area (Å²) in [5.74, 6) is -2.65. The molecule has 0 bridgehead atoms. The molecule has 0 saturated carbocycles. The first-order valence-electron chi connectivity index (χ1n) is 8.89.